The van der Waals surface area contributed by atoms with E-state index in [1.165, 1.54) is 12.3 Å². The molecule has 3 N–H and O–H groups in total. The number of hydrogen-bond acceptors (Lipinski definition) is 4. The van der Waals surface area contributed by atoms with Gasteiger partial charge in [-0.25, -0.2) is 9.37 Å². The number of halogens is 3. The van der Waals surface area contributed by atoms with Gasteiger partial charge in [0.25, 0.3) is 0 Å². The Morgan fingerprint density at radius 3 is 2.94 bits per heavy atom. The average Bonchev–Trinajstić information content (AvgIpc) is 2.30. The van der Waals surface area contributed by atoms with Crippen LogP contribution in [-0.2, 0) is 0 Å². The number of para-hydroxylation sites is 1. The summed E-state index contributed by atoms with van der Waals surface area (Å²) >= 11 is 8.92. The molecule has 4 nitrogen and oxygen atoms in total. The predicted octanol–water partition coefficient (Wildman–Crippen LogP) is 3.36. The third-order valence-electron chi connectivity index (χ3n) is 2.02. The lowest BCUT2D eigenvalue weighted by molar-refractivity contribution is 0.633. The summed E-state index contributed by atoms with van der Waals surface area (Å²) in [5, 5.41) is 2.96. The van der Waals surface area contributed by atoms with E-state index in [1.54, 1.807) is 12.1 Å². The van der Waals surface area contributed by atoms with Gasteiger partial charge in [-0.15, -0.1) is 0 Å². The van der Waals surface area contributed by atoms with Gasteiger partial charge in [0.05, 0.1) is 15.8 Å². The Hall–Kier alpha value is -1.40. The third kappa shape index (κ3) is 2.65. The highest BCUT2D eigenvalue weighted by molar-refractivity contribution is 9.10. The molecule has 0 amide bonds. The third-order valence-corrected chi connectivity index (χ3v) is 2.78. The number of hydrogen-bond donors (Lipinski definition) is 2. The van der Waals surface area contributed by atoms with Crippen LogP contribution >= 0.6 is 27.5 Å². The summed E-state index contributed by atoms with van der Waals surface area (Å²) in [5.74, 6) is -0.0754. The zero-order valence-electron chi connectivity index (χ0n) is 8.42. The molecule has 0 radical (unpaired) electrons. The van der Waals surface area contributed by atoms with E-state index in [4.69, 9.17) is 17.3 Å². The molecule has 0 saturated carbocycles. The van der Waals surface area contributed by atoms with Gasteiger partial charge >= 0.3 is 0 Å². The lowest BCUT2D eigenvalue weighted by atomic mass is 10.2. The van der Waals surface area contributed by atoms with E-state index in [9.17, 15) is 4.39 Å². The number of aromatic nitrogens is 2. The van der Waals surface area contributed by atoms with Crippen molar-refractivity contribution in [3.63, 3.8) is 0 Å². The second kappa shape index (κ2) is 4.85. The largest absolute Gasteiger partial charge is 0.395 e. The first-order valence-corrected chi connectivity index (χ1v) is 5.74. The van der Waals surface area contributed by atoms with Crippen LogP contribution in [-0.4, -0.2) is 9.97 Å². The molecule has 0 spiro atoms. The maximum atomic E-state index is 13.2. The van der Waals surface area contributed by atoms with Crippen LogP contribution < -0.4 is 11.1 Å². The maximum absolute atomic E-state index is 13.2. The molecule has 0 atom stereocenters. The van der Waals surface area contributed by atoms with Crippen molar-refractivity contribution in [3.8, 4) is 0 Å². The number of nitrogens with two attached hydrogens (primary N) is 1. The van der Waals surface area contributed by atoms with Crippen molar-refractivity contribution >= 4 is 44.7 Å². The summed E-state index contributed by atoms with van der Waals surface area (Å²) in [6.45, 7) is 0. The van der Waals surface area contributed by atoms with Gasteiger partial charge < -0.3 is 11.1 Å². The molecular formula is C10H7BrClFN4. The molecule has 2 aromatic rings. The minimum Gasteiger partial charge on any atom is -0.395 e. The van der Waals surface area contributed by atoms with Gasteiger partial charge in [0, 0.05) is 6.20 Å². The number of benzene rings is 1. The molecule has 0 aliphatic carbocycles. The average molecular weight is 318 g/mol. The Bertz CT molecular complexity index is 564. The lowest BCUT2D eigenvalue weighted by Gasteiger charge is -2.10. The summed E-state index contributed by atoms with van der Waals surface area (Å²) in [6.07, 6.45) is 1.49. The summed E-state index contributed by atoms with van der Waals surface area (Å²) in [5.41, 5.74) is 6.03. The second-order valence-electron chi connectivity index (χ2n) is 3.16. The highest BCUT2D eigenvalue weighted by atomic mass is 79.9. The van der Waals surface area contributed by atoms with Crippen LogP contribution in [0.3, 0.4) is 0 Å². The van der Waals surface area contributed by atoms with Gasteiger partial charge in [-0.05, 0) is 39.7 Å². The maximum Gasteiger partial charge on any atom is 0.224 e. The Kier molecular flexibility index (Phi) is 3.44. The van der Waals surface area contributed by atoms with E-state index >= 15 is 0 Å². The first-order valence-electron chi connectivity index (χ1n) is 4.57. The summed E-state index contributed by atoms with van der Waals surface area (Å²) in [4.78, 5) is 7.74. The smallest absolute Gasteiger partial charge is 0.224 e. The van der Waals surface area contributed by atoms with Crippen LogP contribution in [0.1, 0.15) is 0 Å². The van der Waals surface area contributed by atoms with Crippen LogP contribution in [0.2, 0.25) is 5.28 Å². The highest BCUT2D eigenvalue weighted by Gasteiger charge is 2.08. The van der Waals surface area contributed by atoms with Gasteiger partial charge in [0.1, 0.15) is 11.6 Å². The lowest BCUT2D eigenvalue weighted by Crippen LogP contribution is -2.01. The zero-order valence-corrected chi connectivity index (χ0v) is 10.8. The van der Waals surface area contributed by atoms with Crippen LogP contribution in [0.15, 0.2) is 28.9 Å². The van der Waals surface area contributed by atoms with Gasteiger partial charge in [0.15, 0.2) is 0 Å². The quantitative estimate of drug-likeness (QED) is 0.658. The molecular weight excluding hydrogens is 310 g/mol. The molecule has 0 aliphatic rings. The summed E-state index contributed by atoms with van der Waals surface area (Å²) in [7, 11) is 0. The fourth-order valence-corrected chi connectivity index (χ4v) is 1.63. The summed E-state index contributed by atoms with van der Waals surface area (Å²) in [6, 6.07) is 4.47. The molecule has 1 aromatic carbocycles. The molecule has 0 fully saturated rings. The van der Waals surface area contributed by atoms with Gasteiger partial charge in [-0.1, -0.05) is 6.07 Å². The van der Waals surface area contributed by atoms with Crippen molar-refractivity contribution in [1.82, 2.24) is 9.97 Å². The number of nitrogens with zero attached hydrogens (tertiary/aromatic N) is 2. The van der Waals surface area contributed by atoms with E-state index in [1.807, 2.05) is 0 Å². The van der Waals surface area contributed by atoms with Crippen LogP contribution in [0, 0.1) is 5.82 Å². The molecule has 0 aliphatic heterocycles. The zero-order chi connectivity index (χ0) is 12.4. The van der Waals surface area contributed by atoms with Crippen molar-refractivity contribution in [3.05, 3.63) is 40.0 Å². The molecule has 0 saturated heterocycles. The molecule has 7 heteroatoms. The predicted molar refractivity (Wildman–Crippen MR) is 68.8 cm³/mol. The fourth-order valence-electron chi connectivity index (χ4n) is 1.21. The van der Waals surface area contributed by atoms with E-state index in [-0.39, 0.29) is 11.0 Å². The van der Waals surface area contributed by atoms with E-state index < -0.39 is 5.82 Å². The molecule has 88 valence electrons. The van der Waals surface area contributed by atoms with Crippen molar-refractivity contribution in [2.24, 2.45) is 0 Å². The molecule has 17 heavy (non-hydrogen) atoms. The van der Waals surface area contributed by atoms with E-state index in [0.29, 0.717) is 16.0 Å². The first kappa shape index (κ1) is 12.1. The molecule has 1 aromatic heterocycles. The SMILES string of the molecule is Nc1c(F)cccc1Nc1nc(Cl)ncc1Br. The van der Waals surface area contributed by atoms with Crippen LogP contribution in [0.25, 0.3) is 0 Å². The number of anilines is 3. The molecule has 1 heterocycles. The summed E-state index contributed by atoms with van der Waals surface area (Å²) < 4.78 is 13.8. The molecule has 0 unspecified atom stereocenters. The first-order chi connectivity index (χ1) is 8.08. The Labute approximate surface area is 110 Å². The fraction of sp³-hybridized carbons (Fsp3) is 0. The molecule has 0 bridgehead atoms. The Balaban J connectivity index is 2.38. The molecule has 2 rings (SSSR count). The van der Waals surface area contributed by atoms with Gasteiger partial charge in [-0.3, -0.25) is 0 Å². The van der Waals surface area contributed by atoms with Crippen LogP contribution in [0.5, 0.6) is 0 Å². The standard InChI is InChI=1S/C10H7BrClFN4/c11-5-4-15-10(12)17-9(5)16-7-3-1-2-6(13)8(7)14/h1-4H,14H2,(H,15,16,17). The monoisotopic (exact) mass is 316 g/mol. The highest BCUT2D eigenvalue weighted by Crippen LogP contribution is 2.28. The topological polar surface area (TPSA) is 63.8 Å². The number of nitrogen functional groups attached to an aromatic ring is 1. The van der Waals surface area contributed by atoms with Crippen LogP contribution in [0.4, 0.5) is 21.6 Å². The number of nitrogens with one attached hydrogen (secondary N) is 1. The van der Waals surface area contributed by atoms with E-state index in [0.717, 1.165) is 0 Å². The van der Waals surface area contributed by atoms with Crippen molar-refractivity contribution in [2.45, 2.75) is 0 Å². The normalized spacial score (nSPS) is 10.3. The van der Waals surface area contributed by atoms with E-state index in [2.05, 4.69) is 31.2 Å². The van der Waals surface area contributed by atoms with Gasteiger partial charge in [-0.2, -0.15) is 4.98 Å². The Morgan fingerprint density at radius 1 is 1.41 bits per heavy atom. The van der Waals surface area contributed by atoms with Crippen molar-refractivity contribution in [1.29, 1.82) is 0 Å². The Morgan fingerprint density at radius 2 is 2.18 bits per heavy atom. The van der Waals surface area contributed by atoms with Crippen molar-refractivity contribution < 1.29 is 4.39 Å². The second-order valence-corrected chi connectivity index (χ2v) is 4.35. The number of rotatable bonds is 2. The van der Waals surface area contributed by atoms with Gasteiger partial charge in [0.2, 0.25) is 5.28 Å². The minimum absolute atomic E-state index is 0.0223. The van der Waals surface area contributed by atoms with Crippen molar-refractivity contribution in [2.75, 3.05) is 11.1 Å². The minimum atomic E-state index is -0.494.